The first kappa shape index (κ1) is 23.3. The van der Waals surface area contributed by atoms with E-state index in [-0.39, 0.29) is 6.71 Å². The summed E-state index contributed by atoms with van der Waals surface area (Å²) in [6, 6.07) is 37.6. The topological polar surface area (TPSA) is 34.1 Å². The molecule has 0 aliphatic carbocycles. The quantitative estimate of drug-likeness (QED) is 0.319. The lowest BCUT2D eigenvalue weighted by Crippen LogP contribution is -2.53. The molecule has 0 N–H and O–H groups in total. The van der Waals surface area contributed by atoms with E-state index < -0.39 is 15.3 Å². The van der Waals surface area contributed by atoms with Gasteiger partial charge in [-0.25, -0.2) is 8.42 Å². The fourth-order valence-electron chi connectivity index (χ4n) is 6.55. The number of hydrogen-bond acceptors (Lipinski definition) is 2. The number of benzene rings is 5. The Balaban J connectivity index is 1.53. The van der Waals surface area contributed by atoms with Crippen molar-refractivity contribution in [3.05, 3.63) is 120 Å². The second-order valence-electron chi connectivity index (χ2n) is 11.0. The van der Waals surface area contributed by atoms with Gasteiger partial charge in [0.25, 0.3) is 0 Å². The summed E-state index contributed by atoms with van der Waals surface area (Å²) in [5.41, 5.74) is 10.8. The summed E-state index contributed by atoms with van der Waals surface area (Å²) in [4.78, 5) is 0.843. The van der Waals surface area contributed by atoms with Crippen LogP contribution in [-0.2, 0) is 15.3 Å². The Morgan fingerprint density at radius 2 is 1.08 bits per heavy atom. The first-order chi connectivity index (χ1) is 18.3. The van der Waals surface area contributed by atoms with Gasteiger partial charge in [0.1, 0.15) is 7.85 Å². The fourth-order valence-corrected chi connectivity index (χ4v) is 8.49. The van der Waals surface area contributed by atoms with Gasteiger partial charge in [0.15, 0.2) is 0 Å². The number of rotatable bonds is 1. The summed E-state index contributed by atoms with van der Waals surface area (Å²) in [6.07, 6.45) is 0. The number of hydrogen-bond donors (Lipinski definition) is 0. The van der Waals surface area contributed by atoms with E-state index in [4.69, 9.17) is 0 Å². The van der Waals surface area contributed by atoms with E-state index in [1.54, 1.807) is 6.07 Å². The van der Waals surface area contributed by atoms with Crippen LogP contribution in [0.4, 0.5) is 0 Å². The molecule has 0 saturated heterocycles. The zero-order chi connectivity index (χ0) is 26.2. The highest BCUT2D eigenvalue weighted by atomic mass is 32.2. The molecule has 0 amide bonds. The van der Waals surface area contributed by atoms with E-state index in [2.05, 4.69) is 92.7 Å². The summed E-state index contributed by atoms with van der Waals surface area (Å²) in [7, 11) is -1.59. The van der Waals surface area contributed by atoms with Crippen LogP contribution in [0.25, 0.3) is 22.3 Å². The molecule has 2 aliphatic rings. The van der Waals surface area contributed by atoms with E-state index in [9.17, 15) is 8.42 Å². The monoisotopic (exact) mass is 508 g/mol. The van der Waals surface area contributed by atoms with E-state index in [1.165, 1.54) is 33.2 Å². The molecule has 0 saturated carbocycles. The molecule has 5 aromatic carbocycles. The third-order valence-electron chi connectivity index (χ3n) is 8.45. The van der Waals surface area contributed by atoms with Crippen molar-refractivity contribution >= 4 is 46.2 Å². The Bertz CT molecular complexity index is 1820. The van der Waals surface area contributed by atoms with Crippen LogP contribution in [0.1, 0.15) is 25.0 Å². The molecule has 5 aromatic rings. The standard InChI is InChI=1S/C33H26B2O2S/c1-33(2)27-19-21(34)15-17-31(27)38(36,37)32-18-16-22(20-28(32)33)35-29-13-7-5-11-25(29)23-9-3-4-10-24(23)26-12-6-8-14-30(26)35/h3-20H,34H2,1-2H3. The Hall–Kier alpha value is -3.82. The zero-order valence-corrected chi connectivity index (χ0v) is 22.5. The number of sulfone groups is 1. The van der Waals surface area contributed by atoms with E-state index in [0.29, 0.717) is 9.79 Å². The van der Waals surface area contributed by atoms with Gasteiger partial charge in [-0.2, -0.15) is 0 Å². The molecule has 38 heavy (non-hydrogen) atoms. The van der Waals surface area contributed by atoms with Crippen LogP contribution in [0.2, 0.25) is 0 Å². The van der Waals surface area contributed by atoms with Crippen LogP contribution in [0.5, 0.6) is 0 Å². The molecule has 2 heterocycles. The van der Waals surface area contributed by atoms with Gasteiger partial charge in [0.05, 0.1) is 9.79 Å². The van der Waals surface area contributed by atoms with E-state index >= 15 is 0 Å². The zero-order valence-electron chi connectivity index (χ0n) is 21.7. The van der Waals surface area contributed by atoms with Crippen LogP contribution in [0.3, 0.4) is 0 Å². The Morgan fingerprint density at radius 1 is 0.605 bits per heavy atom. The lowest BCUT2D eigenvalue weighted by molar-refractivity contribution is 0.556. The van der Waals surface area contributed by atoms with Crippen LogP contribution in [-0.4, -0.2) is 23.0 Å². The third-order valence-corrected chi connectivity index (χ3v) is 10.3. The van der Waals surface area contributed by atoms with Gasteiger partial charge < -0.3 is 0 Å². The average Bonchev–Trinajstić information content (AvgIpc) is 3.05. The van der Waals surface area contributed by atoms with Gasteiger partial charge in [-0.05, 0) is 45.5 Å². The van der Waals surface area contributed by atoms with E-state index in [0.717, 1.165) is 22.1 Å². The van der Waals surface area contributed by atoms with Crippen molar-refractivity contribution in [3.63, 3.8) is 0 Å². The van der Waals surface area contributed by atoms with Crippen molar-refractivity contribution in [3.8, 4) is 22.3 Å². The normalized spacial score (nSPS) is 15.8. The maximum Gasteiger partial charge on any atom is 0.242 e. The van der Waals surface area contributed by atoms with Crippen LogP contribution in [0, 0.1) is 0 Å². The Kier molecular flexibility index (Phi) is 4.96. The highest BCUT2D eigenvalue weighted by molar-refractivity contribution is 7.91. The predicted molar refractivity (Wildman–Crippen MR) is 161 cm³/mol. The molecule has 0 fully saturated rings. The molecule has 182 valence electrons. The van der Waals surface area contributed by atoms with Gasteiger partial charge in [0.2, 0.25) is 16.6 Å². The molecule has 0 spiro atoms. The average molecular weight is 508 g/mol. The molecule has 0 bridgehead atoms. The highest BCUT2D eigenvalue weighted by Gasteiger charge is 2.41. The van der Waals surface area contributed by atoms with Crippen molar-refractivity contribution in [2.75, 3.05) is 0 Å². The molecule has 0 atom stereocenters. The van der Waals surface area contributed by atoms with Crippen LogP contribution < -0.4 is 21.9 Å². The van der Waals surface area contributed by atoms with Gasteiger partial charge >= 0.3 is 0 Å². The van der Waals surface area contributed by atoms with Gasteiger partial charge in [-0.15, -0.1) is 0 Å². The van der Waals surface area contributed by atoms with Gasteiger partial charge in [-0.1, -0.05) is 133 Å². The lowest BCUT2D eigenvalue weighted by Gasteiger charge is -2.35. The molecule has 0 unspecified atom stereocenters. The molecule has 2 aliphatic heterocycles. The second kappa shape index (κ2) is 8.09. The predicted octanol–water partition coefficient (Wildman–Crippen LogP) is 3.58. The molecule has 0 radical (unpaired) electrons. The second-order valence-corrected chi connectivity index (χ2v) is 12.9. The smallest absolute Gasteiger partial charge is 0.218 e. The maximum absolute atomic E-state index is 13.8. The molecule has 5 heteroatoms. The number of fused-ring (bicyclic) bond motifs is 7. The Morgan fingerprint density at radius 3 is 1.66 bits per heavy atom. The molecular weight excluding hydrogens is 482 g/mol. The minimum Gasteiger partial charge on any atom is -0.218 e. The molecule has 7 rings (SSSR count). The van der Waals surface area contributed by atoms with Crippen molar-refractivity contribution in [1.29, 1.82) is 0 Å². The first-order valence-corrected chi connectivity index (χ1v) is 14.5. The Labute approximate surface area is 225 Å². The summed E-state index contributed by atoms with van der Waals surface area (Å²) in [6.45, 7) is 4.26. The third kappa shape index (κ3) is 3.18. The SMILES string of the molecule is Bc1ccc2c(c1)C(C)(C)c1cc(B3c4ccccc4-c4ccccc4-c4ccccc43)ccc1S2(=O)=O. The van der Waals surface area contributed by atoms with Crippen molar-refractivity contribution in [2.45, 2.75) is 29.1 Å². The van der Waals surface area contributed by atoms with Crippen molar-refractivity contribution in [1.82, 2.24) is 0 Å². The summed E-state index contributed by atoms with van der Waals surface area (Å²) in [5, 5.41) is 0. The highest BCUT2D eigenvalue weighted by Crippen LogP contribution is 2.45. The van der Waals surface area contributed by atoms with Crippen LogP contribution >= 0.6 is 0 Å². The van der Waals surface area contributed by atoms with Crippen LogP contribution in [0.15, 0.2) is 119 Å². The first-order valence-electron chi connectivity index (χ1n) is 13.1. The lowest BCUT2D eigenvalue weighted by atomic mass is 9.35. The minimum atomic E-state index is -3.61. The van der Waals surface area contributed by atoms with Crippen molar-refractivity contribution < 1.29 is 8.42 Å². The molecular formula is C33H26B2O2S. The summed E-state index contributed by atoms with van der Waals surface area (Å²) < 4.78 is 27.6. The fraction of sp³-hybridized carbons (Fsp3) is 0.0909. The maximum atomic E-state index is 13.8. The summed E-state index contributed by atoms with van der Waals surface area (Å²) in [5.74, 6) is 0. The van der Waals surface area contributed by atoms with Crippen molar-refractivity contribution in [2.24, 2.45) is 0 Å². The summed E-state index contributed by atoms with van der Waals surface area (Å²) >= 11 is 0. The van der Waals surface area contributed by atoms with Gasteiger partial charge in [-0.3, -0.25) is 0 Å². The van der Waals surface area contributed by atoms with Gasteiger partial charge in [0, 0.05) is 5.41 Å². The molecule has 0 aromatic heterocycles. The van der Waals surface area contributed by atoms with E-state index in [1.807, 2.05) is 32.1 Å². The molecule has 2 nitrogen and oxygen atoms in total. The minimum absolute atomic E-state index is 0.0301. The largest absolute Gasteiger partial charge is 0.242 e.